The van der Waals surface area contributed by atoms with Crippen molar-refractivity contribution in [3.8, 4) is 0 Å². The minimum Gasteiger partial charge on any atom is -0.475 e. The first-order valence-electron chi connectivity index (χ1n) is 6.84. The minimum atomic E-state index is -5.08. The Balaban J connectivity index is 0.000000236. The van der Waals surface area contributed by atoms with Crippen LogP contribution in [0.15, 0.2) is 29.0 Å². The standard InChI is InChI=1S/C12H14BrN3.C2HF3O2/c1-8-4-10(14-5-8)11-7-16-6-9(13)2-3-12(16)15-11;3-2(4,5)1(6)7/h2-3,6-8,10,14H,4-5H2,1H3;(H,6,7). The van der Waals surface area contributed by atoms with Crippen LogP contribution in [-0.4, -0.2) is 33.2 Å². The van der Waals surface area contributed by atoms with Crippen LogP contribution in [0.3, 0.4) is 0 Å². The number of halogens is 4. The lowest BCUT2D eigenvalue weighted by Crippen LogP contribution is -2.21. The van der Waals surface area contributed by atoms with Gasteiger partial charge >= 0.3 is 12.1 Å². The normalized spacial score (nSPS) is 21.1. The summed E-state index contributed by atoms with van der Waals surface area (Å²) in [6, 6.07) is 4.48. The van der Waals surface area contributed by atoms with Crippen molar-refractivity contribution in [1.82, 2.24) is 14.7 Å². The van der Waals surface area contributed by atoms with E-state index in [1.807, 2.05) is 18.3 Å². The van der Waals surface area contributed by atoms with Gasteiger partial charge in [0.25, 0.3) is 0 Å². The second-order valence-electron chi connectivity index (χ2n) is 5.38. The molecule has 2 atom stereocenters. The van der Waals surface area contributed by atoms with E-state index in [0.29, 0.717) is 6.04 Å². The first-order chi connectivity index (χ1) is 10.7. The molecule has 5 nitrogen and oxygen atoms in total. The highest BCUT2D eigenvalue weighted by molar-refractivity contribution is 9.10. The second-order valence-corrected chi connectivity index (χ2v) is 6.30. The van der Waals surface area contributed by atoms with E-state index in [-0.39, 0.29) is 0 Å². The first-order valence-corrected chi connectivity index (χ1v) is 7.63. The fourth-order valence-electron chi connectivity index (χ4n) is 2.29. The Kier molecular flexibility index (Phi) is 5.30. The molecular formula is C14H15BrF3N3O2. The number of carboxylic acids is 1. The van der Waals surface area contributed by atoms with Gasteiger partial charge in [0.05, 0.1) is 11.7 Å². The number of nitrogens with one attached hydrogen (secondary N) is 1. The van der Waals surface area contributed by atoms with Crippen LogP contribution in [0.5, 0.6) is 0 Å². The predicted molar refractivity (Wildman–Crippen MR) is 81.1 cm³/mol. The van der Waals surface area contributed by atoms with Crippen molar-refractivity contribution in [2.75, 3.05) is 6.54 Å². The fourth-order valence-corrected chi connectivity index (χ4v) is 2.64. The Morgan fingerprint density at radius 3 is 2.61 bits per heavy atom. The molecule has 0 bridgehead atoms. The van der Waals surface area contributed by atoms with Gasteiger partial charge in [-0.25, -0.2) is 9.78 Å². The Bertz CT molecular complexity index is 702. The van der Waals surface area contributed by atoms with E-state index in [4.69, 9.17) is 9.90 Å². The number of alkyl halides is 3. The van der Waals surface area contributed by atoms with Gasteiger partial charge in [-0.2, -0.15) is 13.2 Å². The summed E-state index contributed by atoms with van der Waals surface area (Å²) >= 11 is 3.47. The molecule has 9 heteroatoms. The van der Waals surface area contributed by atoms with Crippen molar-refractivity contribution in [1.29, 1.82) is 0 Å². The highest BCUT2D eigenvalue weighted by Gasteiger charge is 2.38. The summed E-state index contributed by atoms with van der Waals surface area (Å²) in [7, 11) is 0. The molecule has 1 aliphatic heterocycles. The molecule has 1 fully saturated rings. The smallest absolute Gasteiger partial charge is 0.475 e. The van der Waals surface area contributed by atoms with Crippen molar-refractivity contribution in [3.05, 3.63) is 34.7 Å². The van der Waals surface area contributed by atoms with Gasteiger partial charge in [0.2, 0.25) is 0 Å². The molecule has 3 rings (SSSR count). The van der Waals surface area contributed by atoms with Crippen LogP contribution in [0.4, 0.5) is 13.2 Å². The quantitative estimate of drug-likeness (QED) is 0.778. The van der Waals surface area contributed by atoms with Crippen molar-refractivity contribution >= 4 is 27.5 Å². The highest BCUT2D eigenvalue weighted by Crippen LogP contribution is 2.26. The lowest BCUT2D eigenvalue weighted by molar-refractivity contribution is -0.192. The average Bonchev–Trinajstić information content (AvgIpc) is 3.03. The Hall–Kier alpha value is -1.61. The van der Waals surface area contributed by atoms with E-state index in [0.717, 1.165) is 28.3 Å². The van der Waals surface area contributed by atoms with Crippen LogP contribution >= 0.6 is 15.9 Å². The van der Waals surface area contributed by atoms with E-state index in [9.17, 15) is 13.2 Å². The number of hydrogen-bond donors (Lipinski definition) is 2. The predicted octanol–water partition coefficient (Wildman–Crippen LogP) is 3.40. The van der Waals surface area contributed by atoms with Crippen LogP contribution in [0.2, 0.25) is 0 Å². The van der Waals surface area contributed by atoms with E-state index in [1.54, 1.807) is 0 Å². The number of hydrogen-bond acceptors (Lipinski definition) is 3. The summed E-state index contributed by atoms with van der Waals surface area (Å²) in [6.45, 7) is 3.38. The number of carbonyl (C=O) groups is 1. The molecule has 0 spiro atoms. The van der Waals surface area contributed by atoms with Gasteiger partial charge in [0.15, 0.2) is 0 Å². The molecule has 1 aliphatic rings. The van der Waals surface area contributed by atoms with Gasteiger partial charge in [-0.1, -0.05) is 6.92 Å². The lowest BCUT2D eigenvalue weighted by atomic mass is 10.1. The SMILES string of the molecule is CC1CNC(c2cn3cc(Br)ccc3n2)C1.O=C(O)C(F)(F)F. The molecule has 126 valence electrons. The Morgan fingerprint density at radius 2 is 2.09 bits per heavy atom. The van der Waals surface area contributed by atoms with Gasteiger partial charge in [0, 0.05) is 16.9 Å². The lowest BCUT2D eigenvalue weighted by Gasteiger charge is -2.04. The number of nitrogens with zero attached hydrogens (tertiary/aromatic N) is 2. The number of imidazole rings is 1. The van der Waals surface area contributed by atoms with E-state index < -0.39 is 12.1 Å². The summed E-state index contributed by atoms with van der Waals surface area (Å²) < 4.78 is 34.9. The third-order valence-corrected chi connectivity index (χ3v) is 3.85. The Labute approximate surface area is 138 Å². The minimum absolute atomic E-state index is 0.425. The molecule has 3 heterocycles. The maximum atomic E-state index is 10.6. The van der Waals surface area contributed by atoms with Gasteiger partial charge in [-0.3, -0.25) is 0 Å². The zero-order chi connectivity index (χ0) is 17.2. The van der Waals surface area contributed by atoms with Gasteiger partial charge in [-0.05, 0) is 46.9 Å². The maximum absolute atomic E-state index is 10.6. The molecule has 0 radical (unpaired) electrons. The molecule has 2 N–H and O–H groups in total. The van der Waals surface area contributed by atoms with E-state index in [1.165, 1.54) is 6.42 Å². The monoisotopic (exact) mass is 393 g/mol. The highest BCUT2D eigenvalue weighted by atomic mass is 79.9. The molecule has 2 unspecified atom stereocenters. The van der Waals surface area contributed by atoms with Crippen LogP contribution in [0.1, 0.15) is 25.1 Å². The number of pyridine rings is 1. The molecular weight excluding hydrogens is 379 g/mol. The zero-order valence-electron chi connectivity index (χ0n) is 12.1. The molecule has 0 saturated carbocycles. The fraction of sp³-hybridized carbons (Fsp3) is 0.429. The zero-order valence-corrected chi connectivity index (χ0v) is 13.7. The van der Waals surface area contributed by atoms with Crippen molar-refractivity contribution < 1.29 is 23.1 Å². The number of aromatic nitrogens is 2. The van der Waals surface area contributed by atoms with Gasteiger partial charge in [0.1, 0.15) is 5.65 Å². The van der Waals surface area contributed by atoms with Crippen LogP contribution in [-0.2, 0) is 4.79 Å². The molecule has 2 aromatic heterocycles. The van der Waals surface area contributed by atoms with E-state index in [2.05, 4.69) is 43.8 Å². The van der Waals surface area contributed by atoms with E-state index >= 15 is 0 Å². The molecule has 2 aromatic rings. The summed E-state index contributed by atoms with van der Waals surface area (Å²) in [5, 5.41) is 10.6. The summed E-state index contributed by atoms with van der Waals surface area (Å²) in [5.74, 6) is -2.01. The van der Waals surface area contributed by atoms with Crippen molar-refractivity contribution in [2.45, 2.75) is 25.6 Å². The Morgan fingerprint density at radius 1 is 1.43 bits per heavy atom. The summed E-state index contributed by atoms with van der Waals surface area (Å²) in [6.07, 6.45) is 0.269. The molecule has 0 amide bonds. The van der Waals surface area contributed by atoms with Crippen molar-refractivity contribution in [2.24, 2.45) is 5.92 Å². The summed E-state index contributed by atoms with van der Waals surface area (Å²) in [4.78, 5) is 13.5. The maximum Gasteiger partial charge on any atom is 0.490 e. The van der Waals surface area contributed by atoms with Crippen molar-refractivity contribution in [3.63, 3.8) is 0 Å². The van der Waals surface area contributed by atoms with Crippen LogP contribution < -0.4 is 5.32 Å². The topological polar surface area (TPSA) is 66.6 Å². The summed E-state index contributed by atoms with van der Waals surface area (Å²) in [5.41, 5.74) is 2.17. The first kappa shape index (κ1) is 17.7. The number of carboxylic acid groups (broad SMARTS) is 1. The molecule has 1 saturated heterocycles. The largest absolute Gasteiger partial charge is 0.490 e. The number of rotatable bonds is 1. The number of aliphatic carboxylic acids is 1. The third kappa shape index (κ3) is 4.68. The van der Waals surface area contributed by atoms with Gasteiger partial charge in [-0.15, -0.1) is 0 Å². The number of fused-ring (bicyclic) bond motifs is 1. The van der Waals surface area contributed by atoms with Crippen LogP contribution in [0.25, 0.3) is 5.65 Å². The molecule has 0 aromatic carbocycles. The molecule has 23 heavy (non-hydrogen) atoms. The second kappa shape index (κ2) is 6.88. The average molecular weight is 394 g/mol. The van der Waals surface area contributed by atoms with Gasteiger partial charge < -0.3 is 14.8 Å². The third-order valence-electron chi connectivity index (χ3n) is 3.38. The molecule has 0 aliphatic carbocycles. The van der Waals surface area contributed by atoms with Crippen LogP contribution in [0, 0.1) is 5.92 Å².